The largest absolute Gasteiger partial charge is 0.304 e. The number of hydrogen-bond donors (Lipinski definition) is 3. The SMILES string of the molecule is CC(C)CN=C(NN)NN1CCN(C)CC1. The molecule has 0 aromatic heterocycles. The molecule has 1 fully saturated rings. The van der Waals surface area contributed by atoms with Gasteiger partial charge < -0.3 is 4.90 Å². The van der Waals surface area contributed by atoms with Crippen LogP contribution in [-0.4, -0.2) is 55.6 Å². The van der Waals surface area contributed by atoms with E-state index >= 15 is 0 Å². The molecule has 0 aromatic rings. The summed E-state index contributed by atoms with van der Waals surface area (Å²) < 4.78 is 0. The fourth-order valence-corrected chi connectivity index (χ4v) is 1.46. The van der Waals surface area contributed by atoms with E-state index < -0.39 is 0 Å². The van der Waals surface area contributed by atoms with Crippen LogP contribution in [0.1, 0.15) is 13.8 Å². The molecule has 1 aliphatic rings. The predicted molar refractivity (Wildman–Crippen MR) is 66.7 cm³/mol. The Morgan fingerprint density at radius 3 is 2.44 bits per heavy atom. The molecule has 0 unspecified atom stereocenters. The van der Waals surface area contributed by atoms with Crippen LogP contribution in [0.15, 0.2) is 4.99 Å². The number of guanidine groups is 1. The maximum Gasteiger partial charge on any atom is 0.220 e. The van der Waals surface area contributed by atoms with Crippen LogP contribution < -0.4 is 16.7 Å². The van der Waals surface area contributed by atoms with Crippen LogP contribution in [0.5, 0.6) is 0 Å². The molecule has 1 saturated heterocycles. The van der Waals surface area contributed by atoms with Crippen molar-refractivity contribution in [3.63, 3.8) is 0 Å². The van der Waals surface area contributed by atoms with Gasteiger partial charge in [0.25, 0.3) is 0 Å². The van der Waals surface area contributed by atoms with Gasteiger partial charge >= 0.3 is 0 Å². The first-order chi connectivity index (χ1) is 7.61. The minimum Gasteiger partial charge on any atom is -0.304 e. The number of piperazine rings is 1. The molecule has 1 aliphatic heterocycles. The van der Waals surface area contributed by atoms with Crippen LogP contribution >= 0.6 is 0 Å². The van der Waals surface area contributed by atoms with Crippen LogP contribution in [0, 0.1) is 5.92 Å². The topological polar surface area (TPSA) is 68.9 Å². The molecule has 0 aliphatic carbocycles. The molecule has 0 bridgehead atoms. The van der Waals surface area contributed by atoms with E-state index in [4.69, 9.17) is 5.84 Å². The van der Waals surface area contributed by atoms with E-state index in [1.165, 1.54) is 0 Å². The lowest BCUT2D eigenvalue weighted by atomic mass is 10.2. The molecule has 0 saturated carbocycles. The Hall–Kier alpha value is -0.850. The number of rotatable bonds is 3. The summed E-state index contributed by atoms with van der Waals surface area (Å²) in [7, 11) is 2.13. The lowest BCUT2D eigenvalue weighted by molar-refractivity contribution is 0.129. The van der Waals surface area contributed by atoms with Gasteiger partial charge in [-0.1, -0.05) is 13.8 Å². The minimum absolute atomic E-state index is 0.539. The number of nitrogens with zero attached hydrogens (tertiary/aromatic N) is 3. The molecule has 0 amide bonds. The number of nitrogens with one attached hydrogen (secondary N) is 2. The summed E-state index contributed by atoms with van der Waals surface area (Å²) in [6.07, 6.45) is 0. The van der Waals surface area contributed by atoms with Crippen molar-refractivity contribution in [3.8, 4) is 0 Å². The van der Waals surface area contributed by atoms with E-state index in [0.29, 0.717) is 11.9 Å². The average molecular weight is 228 g/mol. The lowest BCUT2D eigenvalue weighted by Crippen LogP contribution is -2.56. The Morgan fingerprint density at radius 1 is 1.31 bits per heavy atom. The first-order valence-electron chi connectivity index (χ1n) is 5.83. The fraction of sp³-hybridized carbons (Fsp3) is 0.900. The first kappa shape index (κ1) is 13.2. The number of nitrogens with two attached hydrogens (primary N) is 1. The van der Waals surface area contributed by atoms with Crippen LogP contribution in [0.4, 0.5) is 0 Å². The quantitative estimate of drug-likeness (QED) is 0.256. The third-order valence-corrected chi connectivity index (χ3v) is 2.52. The van der Waals surface area contributed by atoms with E-state index in [1.807, 2.05) is 0 Å². The second kappa shape index (κ2) is 6.67. The Balaban J connectivity index is 2.35. The number of likely N-dealkylation sites (N-methyl/N-ethyl adjacent to an activating group) is 1. The smallest absolute Gasteiger partial charge is 0.220 e. The van der Waals surface area contributed by atoms with Crippen LogP contribution in [0.25, 0.3) is 0 Å². The van der Waals surface area contributed by atoms with Crippen molar-refractivity contribution in [2.45, 2.75) is 13.8 Å². The second-order valence-corrected chi connectivity index (χ2v) is 4.63. The molecule has 0 aromatic carbocycles. The molecule has 6 heteroatoms. The highest BCUT2D eigenvalue weighted by molar-refractivity contribution is 5.78. The molecule has 4 N–H and O–H groups in total. The van der Waals surface area contributed by atoms with Crippen molar-refractivity contribution >= 4 is 5.96 Å². The highest BCUT2D eigenvalue weighted by Gasteiger charge is 2.14. The van der Waals surface area contributed by atoms with Gasteiger partial charge in [-0.2, -0.15) is 0 Å². The Bertz CT molecular complexity index is 219. The molecular formula is C10H24N6. The Kier molecular flexibility index (Phi) is 5.51. The molecule has 0 radical (unpaired) electrons. The summed E-state index contributed by atoms with van der Waals surface area (Å²) in [5, 5.41) is 2.14. The van der Waals surface area contributed by atoms with Crippen molar-refractivity contribution in [2.75, 3.05) is 39.8 Å². The zero-order chi connectivity index (χ0) is 12.0. The van der Waals surface area contributed by atoms with Gasteiger partial charge in [-0.15, -0.1) is 0 Å². The molecule has 1 rings (SSSR count). The molecule has 1 heterocycles. The van der Waals surface area contributed by atoms with Gasteiger partial charge in [-0.05, 0) is 13.0 Å². The van der Waals surface area contributed by atoms with Crippen molar-refractivity contribution in [3.05, 3.63) is 0 Å². The molecular weight excluding hydrogens is 204 g/mol. The summed E-state index contributed by atoms with van der Waals surface area (Å²) >= 11 is 0. The second-order valence-electron chi connectivity index (χ2n) is 4.63. The van der Waals surface area contributed by atoms with Crippen molar-refractivity contribution < 1.29 is 0 Å². The summed E-state index contributed by atoms with van der Waals surface area (Å²) in [5.74, 6) is 6.61. The van der Waals surface area contributed by atoms with E-state index in [9.17, 15) is 0 Å². The summed E-state index contributed by atoms with van der Waals surface area (Å²) in [6, 6.07) is 0. The monoisotopic (exact) mass is 228 g/mol. The van der Waals surface area contributed by atoms with Gasteiger partial charge in [0.05, 0.1) is 0 Å². The summed E-state index contributed by atoms with van der Waals surface area (Å²) in [4.78, 5) is 6.67. The van der Waals surface area contributed by atoms with Crippen molar-refractivity contribution in [2.24, 2.45) is 16.8 Å². The highest BCUT2D eigenvalue weighted by atomic mass is 15.6. The summed E-state index contributed by atoms with van der Waals surface area (Å²) in [6.45, 7) is 9.14. The maximum absolute atomic E-state index is 5.42. The zero-order valence-electron chi connectivity index (χ0n) is 10.5. The van der Waals surface area contributed by atoms with Gasteiger partial charge in [0.1, 0.15) is 0 Å². The number of hydrazine groups is 2. The van der Waals surface area contributed by atoms with E-state index in [2.05, 4.69) is 46.6 Å². The van der Waals surface area contributed by atoms with E-state index in [-0.39, 0.29) is 0 Å². The molecule has 16 heavy (non-hydrogen) atoms. The molecule has 0 spiro atoms. The van der Waals surface area contributed by atoms with E-state index in [0.717, 1.165) is 32.7 Å². The van der Waals surface area contributed by atoms with Gasteiger partial charge in [0, 0.05) is 32.7 Å². The average Bonchev–Trinajstić information content (AvgIpc) is 2.26. The highest BCUT2D eigenvalue weighted by Crippen LogP contribution is 1.96. The van der Waals surface area contributed by atoms with Gasteiger partial charge in [0.15, 0.2) is 0 Å². The first-order valence-corrected chi connectivity index (χ1v) is 5.83. The predicted octanol–water partition coefficient (Wildman–Crippen LogP) is -0.786. The fourth-order valence-electron chi connectivity index (χ4n) is 1.46. The number of aliphatic imine (C=N–C) groups is 1. The molecule has 94 valence electrons. The lowest BCUT2D eigenvalue weighted by Gasteiger charge is -2.33. The summed E-state index contributed by atoms with van der Waals surface area (Å²) in [5.41, 5.74) is 5.80. The standard InChI is InChI=1S/C10H24N6/c1-9(2)8-12-10(13-11)14-16-6-4-15(3)5-7-16/h9H,4-8,11H2,1-3H3,(H2,12,13,14). The zero-order valence-corrected chi connectivity index (χ0v) is 10.5. The van der Waals surface area contributed by atoms with Gasteiger partial charge in [-0.25, -0.2) is 10.9 Å². The third kappa shape index (κ3) is 4.78. The maximum atomic E-state index is 5.42. The molecule has 6 nitrogen and oxygen atoms in total. The van der Waals surface area contributed by atoms with Crippen LogP contribution in [0.2, 0.25) is 0 Å². The van der Waals surface area contributed by atoms with Crippen LogP contribution in [0.3, 0.4) is 0 Å². The minimum atomic E-state index is 0.539. The third-order valence-electron chi connectivity index (χ3n) is 2.52. The Morgan fingerprint density at radius 2 is 1.94 bits per heavy atom. The van der Waals surface area contributed by atoms with Gasteiger partial charge in [0.2, 0.25) is 5.96 Å². The van der Waals surface area contributed by atoms with Crippen molar-refractivity contribution in [1.29, 1.82) is 0 Å². The van der Waals surface area contributed by atoms with E-state index in [1.54, 1.807) is 0 Å². The van der Waals surface area contributed by atoms with Crippen molar-refractivity contribution in [1.82, 2.24) is 20.8 Å². The van der Waals surface area contributed by atoms with Gasteiger partial charge in [-0.3, -0.25) is 15.8 Å². The number of hydrogen-bond acceptors (Lipinski definition) is 4. The Labute approximate surface area is 97.8 Å². The molecule has 0 atom stereocenters. The normalized spacial score (nSPS) is 20.2. The van der Waals surface area contributed by atoms with Crippen LogP contribution in [-0.2, 0) is 0 Å².